The van der Waals surface area contributed by atoms with Gasteiger partial charge in [-0.2, -0.15) is 0 Å². The summed E-state index contributed by atoms with van der Waals surface area (Å²) in [6.07, 6.45) is 2.73. The summed E-state index contributed by atoms with van der Waals surface area (Å²) in [5.41, 5.74) is 0.731. The van der Waals surface area contributed by atoms with Crippen molar-refractivity contribution in [2.45, 2.75) is 0 Å². The van der Waals surface area contributed by atoms with Crippen LogP contribution in [0.25, 0.3) is 11.4 Å². The first-order chi connectivity index (χ1) is 6.79. The van der Waals surface area contributed by atoms with E-state index in [1.807, 2.05) is 18.2 Å². The molecular formula is C9H7N3O2. The van der Waals surface area contributed by atoms with E-state index in [2.05, 4.69) is 4.98 Å². The summed E-state index contributed by atoms with van der Waals surface area (Å²) in [5.74, 6) is 0.343. The fourth-order valence-electron chi connectivity index (χ4n) is 1.22. The van der Waals surface area contributed by atoms with Gasteiger partial charge < -0.3 is 0 Å². The molecule has 0 fully saturated rings. The third kappa shape index (κ3) is 1.35. The molecule has 1 aromatic carbocycles. The average Bonchev–Trinajstić information content (AvgIpc) is 2.67. The minimum atomic E-state index is -0.505. The van der Waals surface area contributed by atoms with E-state index in [-0.39, 0.29) is 0 Å². The van der Waals surface area contributed by atoms with Crippen molar-refractivity contribution in [2.24, 2.45) is 0 Å². The standard InChI is InChI=1S/C9H7N3O2/c13-12(14)11-7-6-10-9(11)8-4-2-1-3-5-8/h1-7H. The second-order valence-electron chi connectivity index (χ2n) is 2.70. The van der Waals surface area contributed by atoms with Crippen molar-refractivity contribution in [3.8, 4) is 11.4 Å². The van der Waals surface area contributed by atoms with Crippen LogP contribution in [0.1, 0.15) is 0 Å². The van der Waals surface area contributed by atoms with E-state index in [0.29, 0.717) is 5.82 Å². The molecule has 0 aliphatic carbocycles. The van der Waals surface area contributed by atoms with Crippen LogP contribution in [-0.4, -0.2) is 14.7 Å². The molecule has 2 rings (SSSR count). The van der Waals surface area contributed by atoms with Crippen molar-refractivity contribution < 1.29 is 5.03 Å². The molecule has 70 valence electrons. The largest absolute Gasteiger partial charge is 0.234 e. The van der Waals surface area contributed by atoms with Crippen LogP contribution in [0.15, 0.2) is 42.7 Å². The minimum Gasteiger partial charge on any atom is -0.234 e. The maximum atomic E-state index is 10.6. The van der Waals surface area contributed by atoms with Crippen molar-refractivity contribution >= 4 is 0 Å². The minimum absolute atomic E-state index is 0.343. The summed E-state index contributed by atoms with van der Waals surface area (Å²) in [6, 6.07) is 9.04. The van der Waals surface area contributed by atoms with Crippen LogP contribution in [0.5, 0.6) is 0 Å². The van der Waals surface area contributed by atoms with Gasteiger partial charge in [0.15, 0.2) is 5.03 Å². The lowest BCUT2D eigenvalue weighted by atomic mass is 10.2. The predicted molar refractivity (Wildman–Crippen MR) is 50.1 cm³/mol. The molecule has 0 amide bonds. The van der Waals surface area contributed by atoms with Gasteiger partial charge in [-0.3, -0.25) is 0 Å². The lowest BCUT2D eigenvalue weighted by molar-refractivity contribution is -0.540. The van der Waals surface area contributed by atoms with E-state index >= 15 is 0 Å². The maximum absolute atomic E-state index is 10.6. The monoisotopic (exact) mass is 189 g/mol. The second kappa shape index (κ2) is 3.29. The number of rotatable bonds is 2. The van der Waals surface area contributed by atoms with Gasteiger partial charge in [0.25, 0.3) is 0 Å². The summed E-state index contributed by atoms with van der Waals surface area (Å²) >= 11 is 0. The van der Waals surface area contributed by atoms with Gasteiger partial charge in [0.1, 0.15) is 0 Å². The molecule has 0 N–H and O–H groups in total. The van der Waals surface area contributed by atoms with Crippen molar-refractivity contribution in [1.29, 1.82) is 0 Å². The van der Waals surface area contributed by atoms with E-state index < -0.39 is 5.03 Å². The smallest absolute Gasteiger partial charge is 0.206 e. The highest BCUT2D eigenvalue weighted by Crippen LogP contribution is 2.15. The lowest BCUT2D eigenvalue weighted by Gasteiger charge is -1.97. The van der Waals surface area contributed by atoms with E-state index in [0.717, 1.165) is 10.2 Å². The first kappa shape index (κ1) is 8.43. The first-order valence-electron chi connectivity index (χ1n) is 4.02. The Morgan fingerprint density at radius 3 is 2.64 bits per heavy atom. The first-order valence-corrected chi connectivity index (χ1v) is 4.02. The Hall–Kier alpha value is -2.17. The summed E-state index contributed by atoms with van der Waals surface area (Å²) in [5, 5.41) is 10.1. The van der Waals surface area contributed by atoms with Gasteiger partial charge >= 0.3 is 0 Å². The highest BCUT2D eigenvalue weighted by atomic mass is 16.7. The van der Waals surface area contributed by atoms with Crippen LogP contribution in [-0.2, 0) is 0 Å². The Kier molecular flexibility index (Phi) is 1.98. The third-order valence-electron chi connectivity index (χ3n) is 1.83. The van der Waals surface area contributed by atoms with Crippen LogP contribution in [0.2, 0.25) is 0 Å². The summed E-state index contributed by atoms with van der Waals surface area (Å²) in [6.45, 7) is 0. The highest BCUT2D eigenvalue weighted by molar-refractivity contribution is 5.54. The van der Waals surface area contributed by atoms with Gasteiger partial charge in [0.2, 0.25) is 5.82 Å². The van der Waals surface area contributed by atoms with Crippen LogP contribution in [0.3, 0.4) is 0 Å². The van der Waals surface area contributed by atoms with Gasteiger partial charge in [-0.1, -0.05) is 35.0 Å². The SMILES string of the molecule is O=[N+]([O-])n1ccnc1-c1ccccc1. The molecule has 14 heavy (non-hydrogen) atoms. The molecule has 0 saturated carbocycles. The topological polar surface area (TPSA) is 61.0 Å². The Morgan fingerprint density at radius 1 is 1.29 bits per heavy atom. The van der Waals surface area contributed by atoms with E-state index in [9.17, 15) is 10.1 Å². The molecule has 2 aromatic rings. The number of nitrogens with zero attached hydrogens (tertiary/aromatic N) is 3. The maximum Gasteiger partial charge on any atom is 0.206 e. The Balaban J connectivity index is 2.52. The van der Waals surface area contributed by atoms with E-state index in [4.69, 9.17) is 0 Å². The van der Waals surface area contributed by atoms with Gasteiger partial charge in [-0.15, -0.1) is 0 Å². The van der Waals surface area contributed by atoms with Gasteiger partial charge in [0, 0.05) is 5.56 Å². The quantitative estimate of drug-likeness (QED) is 0.532. The fraction of sp³-hybridized carbons (Fsp3) is 0. The molecule has 0 aliphatic rings. The third-order valence-corrected chi connectivity index (χ3v) is 1.83. The van der Waals surface area contributed by atoms with Crippen LogP contribution < -0.4 is 0 Å². The van der Waals surface area contributed by atoms with Crippen LogP contribution >= 0.6 is 0 Å². The van der Waals surface area contributed by atoms with Gasteiger partial charge in [0.05, 0.1) is 12.4 Å². The fourth-order valence-corrected chi connectivity index (χ4v) is 1.22. The average molecular weight is 189 g/mol. The molecule has 0 radical (unpaired) electrons. The molecule has 5 heteroatoms. The van der Waals surface area contributed by atoms with Gasteiger partial charge in [-0.25, -0.2) is 15.1 Å². The van der Waals surface area contributed by atoms with Gasteiger partial charge in [-0.05, 0) is 0 Å². The number of hydrogen-bond acceptors (Lipinski definition) is 3. The molecule has 0 unspecified atom stereocenters. The summed E-state index contributed by atoms with van der Waals surface area (Å²) in [7, 11) is 0. The van der Waals surface area contributed by atoms with Crippen molar-refractivity contribution in [2.75, 3.05) is 0 Å². The summed E-state index contributed by atoms with van der Waals surface area (Å²) < 4.78 is 0.898. The highest BCUT2D eigenvalue weighted by Gasteiger charge is 2.11. The molecule has 0 spiro atoms. The Morgan fingerprint density at radius 2 is 2.00 bits per heavy atom. The van der Waals surface area contributed by atoms with Crippen molar-refractivity contribution in [1.82, 2.24) is 9.66 Å². The Labute approximate surface area is 79.8 Å². The zero-order valence-corrected chi connectivity index (χ0v) is 7.20. The number of hydrogen-bond donors (Lipinski definition) is 0. The van der Waals surface area contributed by atoms with Crippen LogP contribution in [0, 0.1) is 10.1 Å². The zero-order valence-electron chi connectivity index (χ0n) is 7.20. The van der Waals surface area contributed by atoms with Crippen LogP contribution in [0.4, 0.5) is 0 Å². The second-order valence-corrected chi connectivity index (χ2v) is 2.70. The number of imidazole rings is 1. The lowest BCUT2D eigenvalue weighted by Crippen LogP contribution is -2.08. The zero-order chi connectivity index (χ0) is 9.97. The normalized spacial score (nSPS) is 10.0. The molecule has 1 aromatic heterocycles. The molecule has 5 nitrogen and oxygen atoms in total. The number of benzene rings is 1. The molecule has 1 heterocycles. The molecular weight excluding hydrogens is 182 g/mol. The van der Waals surface area contributed by atoms with Crippen molar-refractivity contribution in [3.63, 3.8) is 0 Å². The molecule has 0 saturated heterocycles. The van der Waals surface area contributed by atoms with E-state index in [1.54, 1.807) is 12.1 Å². The summed E-state index contributed by atoms with van der Waals surface area (Å²) in [4.78, 5) is 14.5. The number of aromatic nitrogens is 2. The molecule has 0 aliphatic heterocycles. The number of nitro groups is 1. The molecule has 0 bridgehead atoms. The molecule has 0 atom stereocenters. The van der Waals surface area contributed by atoms with Crippen molar-refractivity contribution in [3.05, 3.63) is 52.8 Å². The van der Waals surface area contributed by atoms with E-state index in [1.165, 1.54) is 12.4 Å². The Bertz CT molecular complexity index is 450. The predicted octanol–water partition coefficient (Wildman–Crippen LogP) is 1.59.